The first kappa shape index (κ1) is 14.2. The number of aromatic nitrogens is 1. The van der Waals surface area contributed by atoms with Crippen LogP contribution in [0.1, 0.15) is 23.2 Å². The molecule has 0 atom stereocenters. The van der Waals surface area contributed by atoms with E-state index in [1.165, 1.54) is 7.11 Å². The molecule has 19 heavy (non-hydrogen) atoms. The van der Waals surface area contributed by atoms with E-state index in [9.17, 15) is 13.6 Å². The molecule has 0 amide bonds. The Balaban J connectivity index is 2.28. The minimum absolute atomic E-state index is 0.167. The molecule has 0 unspecified atom stereocenters. The van der Waals surface area contributed by atoms with Gasteiger partial charge in [-0.1, -0.05) is 0 Å². The maximum absolute atomic E-state index is 13.2. The maximum atomic E-state index is 13.2. The Kier molecular flexibility index (Phi) is 4.03. The molecule has 0 spiro atoms. The first-order chi connectivity index (χ1) is 8.93. The molecule has 0 bridgehead atoms. The molecule has 2 heterocycles. The molecule has 1 aliphatic heterocycles. The molecule has 1 saturated heterocycles. The van der Waals surface area contributed by atoms with E-state index in [2.05, 4.69) is 25.7 Å². The molecule has 1 aromatic heterocycles. The second-order valence-electron chi connectivity index (χ2n) is 4.34. The Labute approximate surface area is 117 Å². The average molecular weight is 335 g/mol. The van der Waals surface area contributed by atoms with Crippen LogP contribution < -0.4 is 4.90 Å². The summed E-state index contributed by atoms with van der Waals surface area (Å²) in [6.45, 7) is 0.334. The van der Waals surface area contributed by atoms with Crippen LogP contribution >= 0.6 is 15.9 Å². The SMILES string of the molecule is COC(=O)c1ccc(Br)nc1N1CCC(F)(F)CC1. The number of carbonyl (C=O) groups excluding carboxylic acids is 1. The van der Waals surface area contributed by atoms with Crippen LogP contribution in [0.25, 0.3) is 0 Å². The van der Waals surface area contributed by atoms with Gasteiger partial charge < -0.3 is 9.64 Å². The van der Waals surface area contributed by atoms with Gasteiger partial charge in [0.25, 0.3) is 5.92 Å². The van der Waals surface area contributed by atoms with Crippen molar-refractivity contribution in [3.8, 4) is 0 Å². The largest absolute Gasteiger partial charge is 0.465 e. The molecule has 0 saturated carbocycles. The van der Waals surface area contributed by atoms with E-state index in [1.807, 2.05) is 0 Å². The van der Waals surface area contributed by atoms with Gasteiger partial charge in [0.1, 0.15) is 16.0 Å². The zero-order valence-electron chi connectivity index (χ0n) is 10.3. The summed E-state index contributed by atoms with van der Waals surface area (Å²) in [7, 11) is 1.28. The number of rotatable bonds is 2. The summed E-state index contributed by atoms with van der Waals surface area (Å²) in [4.78, 5) is 17.6. The predicted molar refractivity (Wildman–Crippen MR) is 69.7 cm³/mol. The van der Waals surface area contributed by atoms with E-state index in [-0.39, 0.29) is 31.5 Å². The number of anilines is 1. The third-order valence-corrected chi connectivity index (χ3v) is 3.48. The number of pyridine rings is 1. The first-order valence-electron chi connectivity index (χ1n) is 5.80. The van der Waals surface area contributed by atoms with Gasteiger partial charge in [0.05, 0.1) is 7.11 Å². The molecule has 1 aromatic rings. The van der Waals surface area contributed by atoms with Crippen molar-refractivity contribution >= 4 is 27.7 Å². The summed E-state index contributed by atoms with van der Waals surface area (Å²) in [6, 6.07) is 3.19. The molecule has 4 nitrogen and oxygen atoms in total. The smallest absolute Gasteiger partial charge is 0.341 e. The van der Waals surface area contributed by atoms with Crippen molar-refractivity contribution in [3.63, 3.8) is 0 Å². The van der Waals surface area contributed by atoms with Crippen LogP contribution in [-0.4, -0.2) is 37.1 Å². The first-order valence-corrected chi connectivity index (χ1v) is 6.60. The lowest BCUT2D eigenvalue weighted by Gasteiger charge is -2.33. The fraction of sp³-hybridized carbons (Fsp3) is 0.500. The number of piperidine rings is 1. The number of hydrogen-bond acceptors (Lipinski definition) is 4. The third kappa shape index (κ3) is 3.20. The van der Waals surface area contributed by atoms with Gasteiger partial charge in [0.15, 0.2) is 0 Å². The number of methoxy groups -OCH3 is 1. The lowest BCUT2D eigenvalue weighted by Crippen LogP contribution is -2.40. The van der Waals surface area contributed by atoms with Crippen LogP contribution in [0, 0.1) is 0 Å². The van der Waals surface area contributed by atoms with Crippen LogP contribution in [0.4, 0.5) is 14.6 Å². The monoisotopic (exact) mass is 334 g/mol. The quantitative estimate of drug-likeness (QED) is 0.616. The zero-order chi connectivity index (χ0) is 14.0. The van der Waals surface area contributed by atoms with Crippen molar-refractivity contribution in [1.29, 1.82) is 0 Å². The van der Waals surface area contributed by atoms with Gasteiger partial charge in [-0.2, -0.15) is 0 Å². The Bertz CT molecular complexity index is 487. The molecule has 1 fully saturated rings. The molecule has 1 aliphatic rings. The van der Waals surface area contributed by atoms with Gasteiger partial charge in [0, 0.05) is 25.9 Å². The Morgan fingerprint density at radius 1 is 1.42 bits per heavy atom. The topological polar surface area (TPSA) is 42.4 Å². The van der Waals surface area contributed by atoms with Gasteiger partial charge in [-0.15, -0.1) is 0 Å². The van der Waals surface area contributed by atoms with Crippen molar-refractivity contribution in [1.82, 2.24) is 4.98 Å². The van der Waals surface area contributed by atoms with Gasteiger partial charge in [-0.25, -0.2) is 18.6 Å². The highest BCUT2D eigenvalue weighted by atomic mass is 79.9. The van der Waals surface area contributed by atoms with Crippen molar-refractivity contribution < 1.29 is 18.3 Å². The molecular weight excluding hydrogens is 322 g/mol. The number of hydrogen-bond donors (Lipinski definition) is 0. The fourth-order valence-electron chi connectivity index (χ4n) is 1.98. The number of carbonyl (C=O) groups is 1. The van der Waals surface area contributed by atoms with Crippen LogP contribution in [0.15, 0.2) is 16.7 Å². The number of nitrogens with zero attached hydrogens (tertiary/aromatic N) is 2. The molecule has 0 radical (unpaired) electrons. The van der Waals surface area contributed by atoms with Crippen molar-refractivity contribution in [2.45, 2.75) is 18.8 Å². The second kappa shape index (κ2) is 5.40. The molecule has 0 N–H and O–H groups in total. The predicted octanol–water partition coefficient (Wildman–Crippen LogP) is 2.87. The second-order valence-corrected chi connectivity index (χ2v) is 5.15. The third-order valence-electron chi connectivity index (χ3n) is 3.04. The molecular formula is C12H13BrF2N2O2. The van der Waals surface area contributed by atoms with E-state index < -0.39 is 11.9 Å². The molecule has 0 aromatic carbocycles. The number of halogens is 3. The van der Waals surface area contributed by atoms with E-state index >= 15 is 0 Å². The van der Waals surface area contributed by atoms with Crippen molar-refractivity contribution in [2.75, 3.05) is 25.1 Å². The summed E-state index contributed by atoms with van der Waals surface area (Å²) in [5.74, 6) is -2.77. The number of alkyl halides is 2. The minimum Gasteiger partial charge on any atom is -0.465 e. The molecule has 7 heteroatoms. The summed E-state index contributed by atoms with van der Waals surface area (Å²) in [5, 5.41) is 0. The standard InChI is InChI=1S/C12H13BrF2N2O2/c1-19-11(18)8-2-3-9(13)16-10(8)17-6-4-12(14,15)5-7-17/h2-3H,4-7H2,1H3. The van der Waals surface area contributed by atoms with Crippen LogP contribution in [0.3, 0.4) is 0 Å². The fourth-order valence-corrected chi connectivity index (χ4v) is 2.28. The van der Waals surface area contributed by atoms with Crippen molar-refractivity contribution in [2.24, 2.45) is 0 Å². The lowest BCUT2D eigenvalue weighted by molar-refractivity contribution is -0.0221. The maximum Gasteiger partial charge on any atom is 0.341 e. The van der Waals surface area contributed by atoms with Crippen molar-refractivity contribution in [3.05, 3.63) is 22.3 Å². The summed E-state index contributed by atoms with van der Waals surface area (Å²) in [6.07, 6.45) is -0.469. The average Bonchev–Trinajstić information content (AvgIpc) is 2.38. The summed E-state index contributed by atoms with van der Waals surface area (Å²) < 4.78 is 31.5. The van der Waals surface area contributed by atoms with Gasteiger partial charge in [-0.05, 0) is 28.1 Å². The highest BCUT2D eigenvalue weighted by Gasteiger charge is 2.35. The normalized spacial score (nSPS) is 18.2. The summed E-state index contributed by atoms with van der Waals surface area (Å²) >= 11 is 3.22. The highest BCUT2D eigenvalue weighted by molar-refractivity contribution is 9.10. The summed E-state index contributed by atoms with van der Waals surface area (Å²) in [5.41, 5.74) is 0.288. The highest BCUT2D eigenvalue weighted by Crippen LogP contribution is 2.31. The van der Waals surface area contributed by atoms with Crippen LogP contribution in [0.2, 0.25) is 0 Å². The number of esters is 1. The van der Waals surface area contributed by atoms with Gasteiger partial charge >= 0.3 is 5.97 Å². The van der Waals surface area contributed by atoms with Crippen LogP contribution in [0.5, 0.6) is 0 Å². The molecule has 104 valence electrons. The Hall–Kier alpha value is -1.24. The number of ether oxygens (including phenoxy) is 1. The molecule has 0 aliphatic carbocycles. The Morgan fingerprint density at radius 2 is 2.05 bits per heavy atom. The van der Waals surface area contributed by atoms with Gasteiger partial charge in [-0.3, -0.25) is 0 Å². The van der Waals surface area contributed by atoms with Crippen LogP contribution in [-0.2, 0) is 4.74 Å². The van der Waals surface area contributed by atoms with Gasteiger partial charge in [0.2, 0.25) is 0 Å². The Morgan fingerprint density at radius 3 is 2.63 bits per heavy atom. The lowest BCUT2D eigenvalue weighted by atomic mass is 10.1. The van der Waals surface area contributed by atoms with E-state index in [1.54, 1.807) is 17.0 Å². The van der Waals surface area contributed by atoms with E-state index in [0.29, 0.717) is 10.4 Å². The minimum atomic E-state index is -2.63. The van der Waals surface area contributed by atoms with E-state index in [0.717, 1.165) is 0 Å². The van der Waals surface area contributed by atoms with E-state index in [4.69, 9.17) is 0 Å². The molecule has 2 rings (SSSR count). The zero-order valence-corrected chi connectivity index (χ0v) is 11.9.